The van der Waals surface area contributed by atoms with Gasteiger partial charge in [0.05, 0.1) is 7.11 Å². The standard InChI is InChI=1S/C26H31NO3/c1-16-8-22(9-17(2)24(16)29-3)21-4-6-23(7-5-21)27-25(28)30-26-13-18-10-19(14-26)12-20(11-18)15-26/h4-9,18-20H,10-15H2,1-3H3,(H,27,28). The predicted molar refractivity (Wildman–Crippen MR) is 119 cm³/mol. The number of benzene rings is 2. The van der Waals surface area contributed by atoms with E-state index >= 15 is 0 Å². The molecule has 0 radical (unpaired) electrons. The lowest BCUT2D eigenvalue weighted by Crippen LogP contribution is -2.53. The summed E-state index contributed by atoms with van der Waals surface area (Å²) in [6.07, 6.45) is 6.90. The van der Waals surface area contributed by atoms with E-state index < -0.39 is 0 Å². The van der Waals surface area contributed by atoms with Crippen LogP contribution in [0.4, 0.5) is 10.5 Å². The minimum Gasteiger partial charge on any atom is -0.496 e. The first-order chi connectivity index (χ1) is 14.4. The molecular weight excluding hydrogens is 374 g/mol. The van der Waals surface area contributed by atoms with Gasteiger partial charge in [0.25, 0.3) is 0 Å². The second kappa shape index (κ2) is 7.33. The highest BCUT2D eigenvalue weighted by Gasteiger charge is 2.53. The van der Waals surface area contributed by atoms with Crippen LogP contribution in [-0.2, 0) is 4.74 Å². The lowest BCUT2D eigenvalue weighted by atomic mass is 9.54. The van der Waals surface area contributed by atoms with Gasteiger partial charge in [-0.15, -0.1) is 0 Å². The summed E-state index contributed by atoms with van der Waals surface area (Å²) in [5, 5.41) is 2.96. The molecule has 4 aliphatic rings. The molecule has 0 aliphatic heterocycles. The van der Waals surface area contributed by atoms with E-state index in [9.17, 15) is 4.79 Å². The number of hydrogen-bond acceptors (Lipinski definition) is 3. The Morgan fingerprint density at radius 3 is 1.93 bits per heavy atom. The van der Waals surface area contributed by atoms with E-state index in [1.54, 1.807) is 7.11 Å². The summed E-state index contributed by atoms with van der Waals surface area (Å²) < 4.78 is 11.5. The Balaban J connectivity index is 1.26. The first-order valence-corrected chi connectivity index (χ1v) is 11.2. The van der Waals surface area contributed by atoms with Crippen molar-refractivity contribution >= 4 is 11.8 Å². The lowest BCUT2D eigenvalue weighted by molar-refractivity contribution is -0.124. The Morgan fingerprint density at radius 2 is 1.43 bits per heavy atom. The van der Waals surface area contributed by atoms with Crippen LogP contribution >= 0.6 is 0 Å². The summed E-state index contributed by atoms with van der Waals surface area (Å²) in [6.45, 7) is 4.12. The van der Waals surface area contributed by atoms with Crippen molar-refractivity contribution in [3.8, 4) is 16.9 Å². The van der Waals surface area contributed by atoms with E-state index in [-0.39, 0.29) is 11.7 Å². The molecule has 0 saturated heterocycles. The Hall–Kier alpha value is -2.49. The predicted octanol–water partition coefficient (Wildman–Crippen LogP) is 6.50. The molecule has 6 rings (SSSR count). The molecule has 158 valence electrons. The van der Waals surface area contributed by atoms with E-state index in [2.05, 4.69) is 31.3 Å². The molecule has 0 heterocycles. The third-order valence-electron chi connectivity index (χ3n) is 7.42. The number of ether oxygens (including phenoxy) is 2. The number of nitrogens with one attached hydrogen (secondary N) is 1. The van der Waals surface area contributed by atoms with Gasteiger partial charge < -0.3 is 9.47 Å². The quantitative estimate of drug-likeness (QED) is 0.632. The fourth-order valence-electron chi connectivity index (χ4n) is 6.68. The second-order valence-electron chi connectivity index (χ2n) is 9.84. The SMILES string of the molecule is COc1c(C)cc(-c2ccc(NC(=O)OC34CC5CC(CC(C5)C3)C4)cc2)cc1C. The minimum atomic E-state index is -0.305. The molecule has 2 aromatic carbocycles. The summed E-state index contributed by atoms with van der Waals surface area (Å²) >= 11 is 0. The number of rotatable bonds is 4. The van der Waals surface area contributed by atoms with Crippen molar-refractivity contribution in [1.82, 2.24) is 0 Å². The zero-order valence-corrected chi connectivity index (χ0v) is 18.2. The molecule has 4 saturated carbocycles. The molecular formula is C26H31NO3. The largest absolute Gasteiger partial charge is 0.496 e. The fraction of sp³-hybridized carbons (Fsp3) is 0.500. The average Bonchev–Trinajstić information content (AvgIpc) is 2.66. The first-order valence-electron chi connectivity index (χ1n) is 11.2. The molecule has 0 aromatic heterocycles. The zero-order chi connectivity index (χ0) is 20.9. The number of aryl methyl sites for hydroxylation is 2. The highest BCUT2D eigenvalue weighted by Crippen LogP contribution is 2.57. The number of carbonyl (C=O) groups excluding carboxylic acids is 1. The topological polar surface area (TPSA) is 47.6 Å². The molecule has 0 atom stereocenters. The third-order valence-corrected chi connectivity index (χ3v) is 7.42. The van der Waals surface area contributed by atoms with Crippen LogP contribution in [0, 0.1) is 31.6 Å². The summed E-state index contributed by atoms with van der Waals surface area (Å²) in [5.41, 5.74) is 5.06. The van der Waals surface area contributed by atoms with Crippen molar-refractivity contribution in [2.75, 3.05) is 12.4 Å². The van der Waals surface area contributed by atoms with Crippen LogP contribution in [0.3, 0.4) is 0 Å². The number of amides is 1. The Bertz CT molecular complexity index is 904. The van der Waals surface area contributed by atoms with Crippen LogP contribution in [-0.4, -0.2) is 18.8 Å². The number of methoxy groups -OCH3 is 1. The lowest BCUT2D eigenvalue weighted by Gasteiger charge is -2.55. The van der Waals surface area contributed by atoms with Gasteiger partial charge in [0.1, 0.15) is 11.4 Å². The molecule has 1 amide bonds. The van der Waals surface area contributed by atoms with E-state index in [4.69, 9.17) is 9.47 Å². The number of hydrogen-bond donors (Lipinski definition) is 1. The molecule has 0 spiro atoms. The summed E-state index contributed by atoms with van der Waals surface area (Å²) in [4.78, 5) is 12.7. The fourth-order valence-corrected chi connectivity index (χ4v) is 6.68. The average molecular weight is 406 g/mol. The Labute approximate surface area is 179 Å². The molecule has 30 heavy (non-hydrogen) atoms. The molecule has 4 bridgehead atoms. The summed E-state index contributed by atoms with van der Waals surface area (Å²) in [7, 11) is 1.71. The van der Waals surface area contributed by atoms with Gasteiger partial charge in [-0.05, 0) is 117 Å². The van der Waals surface area contributed by atoms with Crippen molar-refractivity contribution in [2.24, 2.45) is 17.8 Å². The van der Waals surface area contributed by atoms with Gasteiger partial charge in [0, 0.05) is 5.69 Å². The molecule has 1 N–H and O–H groups in total. The van der Waals surface area contributed by atoms with E-state index in [1.165, 1.54) is 19.3 Å². The molecule has 4 nitrogen and oxygen atoms in total. The zero-order valence-electron chi connectivity index (χ0n) is 18.2. The van der Waals surface area contributed by atoms with Crippen molar-refractivity contribution in [1.29, 1.82) is 0 Å². The van der Waals surface area contributed by atoms with Crippen molar-refractivity contribution in [2.45, 2.75) is 58.0 Å². The third kappa shape index (κ3) is 3.57. The molecule has 2 aromatic rings. The number of anilines is 1. The smallest absolute Gasteiger partial charge is 0.412 e. The van der Waals surface area contributed by atoms with Crippen molar-refractivity contribution in [3.63, 3.8) is 0 Å². The van der Waals surface area contributed by atoms with Gasteiger partial charge in [0.15, 0.2) is 0 Å². The van der Waals surface area contributed by atoms with Crippen LogP contribution < -0.4 is 10.1 Å². The van der Waals surface area contributed by atoms with Gasteiger partial charge in [0.2, 0.25) is 0 Å². The second-order valence-corrected chi connectivity index (χ2v) is 9.84. The maximum Gasteiger partial charge on any atom is 0.412 e. The first kappa shape index (κ1) is 19.5. The van der Waals surface area contributed by atoms with E-state index in [1.807, 2.05) is 24.3 Å². The normalized spacial score (nSPS) is 29.0. The van der Waals surface area contributed by atoms with E-state index in [0.717, 1.165) is 70.7 Å². The van der Waals surface area contributed by atoms with Crippen molar-refractivity contribution in [3.05, 3.63) is 47.5 Å². The number of carbonyl (C=O) groups is 1. The van der Waals surface area contributed by atoms with Gasteiger partial charge in [-0.2, -0.15) is 0 Å². The molecule has 4 heteroatoms. The van der Waals surface area contributed by atoms with Crippen molar-refractivity contribution < 1.29 is 14.3 Å². The minimum absolute atomic E-state index is 0.211. The van der Waals surface area contributed by atoms with Gasteiger partial charge in [-0.3, -0.25) is 5.32 Å². The Morgan fingerprint density at radius 1 is 0.900 bits per heavy atom. The Kier molecular flexibility index (Phi) is 4.76. The maximum atomic E-state index is 12.7. The van der Waals surface area contributed by atoms with E-state index in [0.29, 0.717) is 0 Å². The van der Waals surface area contributed by atoms with Gasteiger partial charge in [-0.25, -0.2) is 4.79 Å². The molecule has 4 aliphatic carbocycles. The van der Waals surface area contributed by atoms with Gasteiger partial charge >= 0.3 is 6.09 Å². The maximum absolute atomic E-state index is 12.7. The van der Waals surface area contributed by atoms with Crippen LogP contribution in [0.1, 0.15) is 49.7 Å². The van der Waals surface area contributed by atoms with Gasteiger partial charge in [-0.1, -0.05) is 12.1 Å². The highest BCUT2D eigenvalue weighted by molar-refractivity contribution is 5.85. The molecule has 4 fully saturated rings. The molecule has 0 unspecified atom stereocenters. The summed E-state index contributed by atoms with van der Waals surface area (Å²) in [5.74, 6) is 3.23. The van der Waals surface area contributed by atoms with Crippen LogP contribution in [0.15, 0.2) is 36.4 Å². The summed E-state index contributed by atoms with van der Waals surface area (Å²) in [6, 6.07) is 12.3. The van der Waals surface area contributed by atoms with Crippen LogP contribution in [0.5, 0.6) is 5.75 Å². The van der Waals surface area contributed by atoms with Crippen LogP contribution in [0.2, 0.25) is 0 Å². The highest BCUT2D eigenvalue weighted by atomic mass is 16.6. The monoisotopic (exact) mass is 405 g/mol. The van der Waals surface area contributed by atoms with Crippen LogP contribution in [0.25, 0.3) is 11.1 Å².